The van der Waals surface area contributed by atoms with E-state index in [2.05, 4.69) is 9.97 Å². The maximum absolute atomic E-state index is 7.62. The van der Waals surface area contributed by atoms with Gasteiger partial charge in [-0.1, -0.05) is 30.3 Å². The number of nitrogens with zero attached hydrogens (tertiary/aromatic N) is 1. The molecule has 1 aromatic heterocycles. The van der Waals surface area contributed by atoms with Gasteiger partial charge in [-0.05, 0) is 5.56 Å². The molecule has 0 aliphatic rings. The Morgan fingerprint density at radius 1 is 1.27 bits per heavy atom. The average molecular weight is 146 g/mol. The molecule has 2 heteroatoms. The van der Waals surface area contributed by atoms with Crippen molar-refractivity contribution in [2.75, 3.05) is 0 Å². The maximum Gasteiger partial charge on any atom is 0.0924 e. The minimum Gasteiger partial charge on any atom is -0.345 e. The summed E-state index contributed by atoms with van der Waals surface area (Å²) >= 11 is 0. The van der Waals surface area contributed by atoms with Gasteiger partial charge in [-0.2, -0.15) is 0 Å². The standard InChI is InChI=1S/C9H8N2/c1-2-4-8(5-3-1)9-6-10-7-11-9/h1-7H,(H,10,11)/i4D,5D. The van der Waals surface area contributed by atoms with Crippen LogP contribution in [0.1, 0.15) is 2.74 Å². The summed E-state index contributed by atoms with van der Waals surface area (Å²) in [7, 11) is 0. The summed E-state index contributed by atoms with van der Waals surface area (Å²) in [5.41, 5.74) is 1.32. The number of H-pyrrole nitrogens is 1. The first-order valence-electron chi connectivity index (χ1n) is 4.34. The van der Waals surface area contributed by atoms with Gasteiger partial charge >= 0.3 is 0 Å². The van der Waals surface area contributed by atoms with Gasteiger partial charge in [0.2, 0.25) is 0 Å². The first-order chi connectivity index (χ1) is 6.29. The van der Waals surface area contributed by atoms with Crippen LogP contribution in [0.2, 0.25) is 0 Å². The van der Waals surface area contributed by atoms with E-state index in [-0.39, 0.29) is 0 Å². The molecule has 1 heterocycles. The molecule has 0 saturated heterocycles. The first kappa shape index (κ1) is 4.34. The zero-order valence-corrected chi connectivity index (χ0v) is 5.83. The third-order valence-electron chi connectivity index (χ3n) is 1.42. The predicted molar refractivity (Wildman–Crippen MR) is 44.0 cm³/mol. The van der Waals surface area contributed by atoms with Gasteiger partial charge in [-0.25, -0.2) is 4.98 Å². The summed E-state index contributed by atoms with van der Waals surface area (Å²) in [5.74, 6) is 0. The molecule has 0 aliphatic carbocycles. The minimum atomic E-state index is 0.344. The molecule has 1 aromatic carbocycles. The van der Waals surface area contributed by atoms with E-state index in [1.54, 1.807) is 30.7 Å². The molecule has 0 bridgehead atoms. The van der Waals surface area contributed by atoms with Gasteiger partial charge in [-0.15, -0.1) is 0 Å². The quantitative estimate of drug-likeness (QED) is 0.655. The van der Waals surface area contributed by atoms with Crippen molar-refractivity contribution < 1.29 is 2.74 Å². The number of nitrogens with one attached hydrogen (secondary N) is 1. The van der Waals surface area contributed by atoms with Gasteiger partial charge in [0.25, 0.3) is 0 Å². The van der Waals surface area contributed by atoms with Crippen LogP contribution in [-0.4, -0.2) is 9.97 Å². The molecule has 0 spiro atoms. The second-order valence-electron chi connectivity index (χ2n) is 2.15. The summed E-state index contributed by atoms with van der Waals surface area (Å²) in [4.78, 5) is 6.74. The van der Waals surface area contributed by atoms with Gasteiger partial charge in [0.15, 0.2) is 0 Å². The fourth-order valence-electron chi connectivity index (χ4n) is 0.901. The van der Waals surface area contributed by atoms with E-state index in [9.17, 15) is 0 Å². The molecule has 54 valence electrons. The first-order valence-corrected chi connectivity index (χ1v) is 3.34. The molecule has 1 N–H and O–H groups in total. The largest absolute Gasteiger partial charge is 0.345 e. The second-order valence-corrected chi connectivity index (χ2v) is 2.15. The number of hydrogen-bond donors (Lipinski definition) is 1. The highest BCUT2D eigenvalue weighted by atomic mass is 14.9. The Morgan fingerprint density at radius 2 is 2.09 bits per heavy atom. The molecule has 0 saturated carbocycles. The van der Waals surface area contributed by atoms with E-state index < -0.39 is 0 Å². The van der Waals surface area contributed by atoms with Crippen LogP contribution in [0, 0.1) is 0 Å². The lowest BCUT2D eigenvalue weighted by molar-refractivity contribution is 1.31. The summed E-state index contributed by atoms with van der Waals surface area (Å²) in [6, 6.07) is 5.71. The van der Waals surface area contributed by atoms with Gasteiger partial charge in [0, 0.05) is 0 Å². The maximum atomic E-state index is 7.62. The molecule has 0 fully saturated rings. The highest BCUT2D eigenvalue weighted by Crippen LogP contribution is 2.13. The number of hydrogen-bond acceptors (Lipinski definition) is 1. The number of aromatic amines is 1. The fraction of sp³-hybridized carbons (Fsp3) is 0. The fourth-order valence-corrected chi connectivity index (χ4v) is 0.901. The Kier molecular flexibility index (Phi) is 1.02. The van der Waals surface area contributed by atoms with Crippen LogP contribution in [0.4, 0.5) is 0 Å². The molecule has 0 atom stereocenters. The smallest absolute Gasteiger partial charge is 0.0924 e. The van der Waals surface area contributed by atoms with Gasteiger partial charge in [-0.3, -0.25) is 0 Å². The number of imidazole rings is 1. The Bertz CT molecular complexity index is 389. The number of rotatable bonds is 1. The van der Waals surface area contributed by atoms with E-state index in [0.717, 1.165) is 5.69 Å². The third kappa shape index (κ3) is 1.15. The van der Waals surface area contributed by atoms with Crippen LogP contribution < -0.4 is 0 Å². The molecule has 2 aromatic rings. The zero-order chi connectivity index (χ0) is 9.26. The molecule has 2 nitrogen and oxygen atoms in total. The van der Waals surface area contributed by atoms with Crippen LogP contribution in [0.25, 0.3) is 11.3 Å². The van der Waals surface area contributed by atoms with Gasteiger partial charge in [0.1, 0.15) is 0 Å². The second kappa shape index (κ2) is 2.58. The molecular weight excluding hydrogens is 136 g/mol. The monoisotopic (exact) mass is 146 g/mol. The van der Waals surface area contributed by atoms with E-state index in [1.165, 1.54) is 0 Å². The minimum absolute atomic E-state index is 0.344. The normalized spacial score (nSPS) is 12.4. The molecule has 0 aliphatic heterocycles. The van der Waals surface area contributed by atoms with Crippen molar-refractivity contribution in [3.05, 3.63) is 42.8 Å². The van der Waals surface area contributed by atoms with Crippen LogP contribution in [-0.2, 0) is 0 Å². The van der Waals surface area contributed by atoms with Crippen molar-refractivity contribution in [1.29, 1.82) is 0 Å². The molecule has 0 amide bonds. The van der Waals surface area contributed by atoms with Crippen LogP contribution in [0.5, 0.6) is 0 Å². The topological polar surface area (TPSA) is 28.7 Å². The highest BCUT2D eigenvalue weighted by Gasteiger charge is 1.94. The molecule has 2 rings (SSSR count). The molecule has 0 unspecified atom stereocenters. The Morgan fingerprint density at radius 3 is 2.73 bits per heavy atom. The van der Waals surface area contributed by atoms with Crippen molar-refractivity contribution in [2.24, 2.45) is 0 Å². The van der Waals surface area contributed by atoms with Crippen LogP contribution in [0.15, 0.2) is 42.8 Å². The van der Waals surface area contributed by atoms with Crippen LogP contribution in [0.3, 0.4) is 0 Å². The number of benzene rings is 1. The SMILES string of the molecule is [2H]c1cccc([2H])c1-c1cnc[nH]1. The molecular formula is C9H8N2. The molecule has 11 heavy (non-hydrogen) atoms. The van der Waals surface area contributed by atoms with E-state index in [1.807, 2.05) is 0 Å². The Labute approximate surface area is 67.7 Å². The lowest BCUT2D eigenvalue weighted by Crippen LogP contribution is -1.73. The van der Waals surface area contributed by atoms with Gasteiger partial charge in [0.05, 0.1) is 21.0 Å². The molecule has 0 radical (unpaired) electrons. The van der Waals surface area contributed by atoms with E-state index in [0.29, 0.717) is 17.6 Å². The Hall–Kier alpha value is -1.57. The predicted octanol–water partition coefficient (Wildman–Crippen LogP) is 2.08. The van der Waals surface area contributed by atoms with E-state index in [4.69, 9.17) is 2.74 Å². The van der Waals surface area contributed by atoms with E-state index >= 15 is 0 Å². The third-order valence-corrected chi connectivity index (χ3v) is 1.42. The van der Waals surface area contributed by atoms with Crippen molar-refractivity contribution in [2.45, 2.75) is 0 Å². The van der Waals surface area contributed by atoms with Crippen molar-refractivity contribution in [3.63, 3.8) is 0 Å². The van der Waals surface area contributed by atoms with Gasteiger partial charge < -0.3 is 4.98 Å². The summed E-state index contributed by atoms with van der Waals surface area (Å²) in [6.45, 7) is 0. The Balaban J connectivity index is 2.64. The summed E-state index contributed by atoms with van der Waals surface area (Å²) in [6.07, 6.45) is 3.16. The van der Waals surface area contributed by atoms with Crippen molar-refractivity contribution >= 4 is 0 Å². The van der Waals surface area contributed by atoms with Crippen molar-refractivity contribution in [3.8, 4) is 11.3 Å². The zero-order valence-electron chi connectivity index (χ0n) is 7.83. The summed E-state index contributed by atoms with van der Waals surface area (Å²) in [5, 5.41) is 0. The van der Waals surface area contributed by atoms with Crippen molar-refractivity contribution in [1.82, 2.24) is 9.97 Å². The van der Waals surface area contributed by atoms with Crippen LogP contribution >= 0.6 is 0 Å². The lowest BCUT2D eigenvalue weighted by Gasteiger charge is -1.93. The number of aromatic nitrogens is 2. The lowest BCUT2D eigenvalue weighted by atomic mass is 10.2. The summed E-state index contributed by atoms with van der Waals surface area (Å²) < 4.78 is 15.2. The average Bonchev–Trinajstić information content (AvgIpc) is 2.57. The highest BCUT2D eigenvalue weighted by molar-refractivity contribution is 5.57.